The van der Waals surface area contributed by atoms with Gasteiger partial charge in [0.1, 0.15) is 0 Å². The predicted molar refractivity (Wildman–Crippen MR) is 48.5 cm³/mol. The van der Waals surface area contributed by atoms with E-state index in [4.69, 9.17) is 0 Å². The van der Waals surface area contributed by atoms with E-state index in [-0.39, 0.29) is 38.8 Å². The molecule has 0 atom stereocenters. The molecule has 17 heavy (non-hydrogen) atoms. The van der Waals surface area contributed by atoms with Gasteiger partial charge < -0.3 is 4.90 Å². The highest BCUT2D eigenvalue weighted by Gasteiger charge is 2.55. The number of likely N-dealkylation sites (tertiary alicyclic amines) is 1. The van der Waals surface area contributed by atoms with Gasteiger partial charge in [0, 0.05) is 31.3 Å². The van der Waals surface area contributed by atoms with E-state index in [9.17, 15) is 26.7 Å². The molecule has 0 bridgehead atoms. The minimum Gasteiger partial charge on any atom is -0.334 e. The Labute approximate surface area is 94.8 Å². The zero-order valence-corrected chi connectivity index (χ0v) is 8.99. The number of amides is 1. The molecule has 2 aliphatic rings. The van der Waals surface area contributed by atoms with Gasteiger partial charge in [0.05, 0.1) is 0 Å². The molecule has 0 N–H and O–H groups in total. The standard InChI is InChI=1S/C10H12F5NO/c11-9(12)3-1-8(2-4-9)5-16(6-8)7(17)10(13,14)15/h1-6H2. The first-order valence-electron chi connectivity index (χ1n) is 5.38. The molecule has 0 aromatic rings. The Morgan fingerprint density at radius 3 is 1.88 bits per heavy atom. The summed E-state index contributed by atoms with van der Waals surface area (Å²) in [6.07, 6.45) is -5.05. The summed E-state index contributed by atoms with van der Waals surface area (Å²) in [4.78, 5) is 11.6. The minimum absolute atomic E-state index is 0.0403. The highest BCUT2D eigenvalue weighted by molar-refractivity contribution is 5.82. The first-order chi connectivity index (χ1) is 7.64. The van der Waals surface area contributed by atoms with Gasteiger partial charge in [-0.1, -0.05) is 0 Å². The van der Waals surface area contributed by atoms with Gasteiger partial charge in [-0.15, -0.1) is 0 Å². The third kappa shape index (κ3) is 2.37. The quantitative estimate of drug-likeness (QED) is 0.611. The van der Waals surface area contributed by atoms with Crippen LogP contribution < -0.4 is 0 Å². The van der Waals surface area contributed by atoms with Crippen LogP contribution in [0.2, 0.25) is 0 Å². The third-order valence-corrected chi connectivity index (χ3v) is 3.62. The van der Waals surface area contributed by atoms with Crippen molar-refractivity contribution in [2.24, 2.45) is 5.41 Å². The average molecular weight is 257 g/mol. The van der Waals surface area contributed by atoms with Gasteiger partial charge in [-0.2, -0.15) is 13.2 Å². The second-order valence-electron chi connectivity index (χ2n) is 5.01. The molecule has 1 aliphatic carbocycles. The van der Waals surface area contributed by atoms with Gasteiger partial charge in [-0.05, 0) is 12.8 Å². The normalized spacial score (nSPS) is 26.8. The Bertz CT molecular complexity index is 320. The van der Waals surface area contributed by atoms with Gasteiger partial charge in [0.25, 0.3) is 0 Å². The van der Waals surface area contributed by atoms with Gasteiger partial charge in [-0.25, -0.2) is 8.78 Å². The number of hydrogen-bond acceptors (Lipinski definition) is 1. The first kappa shape index (κ1) is 12.6. The van der Waals surface area contributed by atoms with Crippen molar-refractivity contribution < 1.29 is 26.7 Å². The van der Waals surface area contributed by atoms with Crippen molar-refractivity contribution in [3.8, 4) is 0 Å². The molecule has 2 nitrogen and oxygen atoms in total. The Kier molecular flexibility index (Phi) is 2.63. The molecule has 98 valence electrons. The fourth-order valence-corrected chi connectivity index (χ4v) is 2.55. The number of alkyl halides is 5. The highest BCUT2D eigenvalue weighted by Crippen LogP contribution is 2.49. The molecular formula is C10H12F5NO. The molecular weight excluding hydrogens is 245 g/mol. The Hall–Kier alpha value is -0.880. The molecule has 2 rings (SSSR count). The van der Waals surface area contributed by atoms with E-state index in [1.165, 1.54) is 0 Å². The van der Waals surface area contributed by atoms with Crippen LogP contribution in [0.1, 0.15) is 25.7 Å². The summed E-state index contributed by atoms with van der Waals surface area (Å²) in [5.74, 6) is -4.56. The van der Waals surface area contributed by atoms with E-state index in [0.29, 0.717) is 4.90 Å². The SMILES string of the molecule is O=C(N1CC2(CCC(F)(F)CC2)C1)C(F)(F)F. The fraction of sp³-hybridized carbons (Fsp3) is 0.900. The molecule has 1 aliphatic heterocycles. The lowest BCUT2D eigenvalue weighted by molar-refractivity contribution is -0.201. The summed E-state index contributed by atoms with van der Waals surface area (Å²) < 4.78 is 62.0. The fourth-order valence-electron chi connectivity index (χ4n) is 2.55. The number of nitrogens with zero attached hydrogens (tertiary/aromatic N) is 1. The lowest BCUT2D eigenvalue weighted by Gasteiger charge is -2.53. The molecule has 2 fully saturated rings. The van der Waals surface area contributed by atoms with Crippen LogP contribution in [0.15, 0.2) is 0 Å². The number of rotatable bonds is 0. The summed E-state index contributed by atoms with van der Waals surface area (Å²) in [7, 11) is 0. The van der Waals surface area contributed by atoms with E-state index >= 15 is 0 Å². The van der Waals surface area contributed by atoms with E-state index in [0.717, 1.165) is 0 Å². The second-order valence-corrected chi connectivity index (χ2v) is 5.01. The van der Waals surface area contributed by atoms with Gasteiger partial charge in [0.2, 0.25) is 5.92 Å². The smallest absolute Gasteiger partial charge is 0.334 e. The number of carbonyl (C=O) groups excluding carboxylic acids is 1. The van der Waals surface area contributed by atoms with E-state index in [1.54, 1.807) is 0 Å². The number of carbonyl (C=O) groups is 1. The average Bonchev–Trinajstić information content (AvgIpc) is 2.13. The number of hydrogen-bond donors (Lipinski definition) is 0. The topological polar surface area (TPSA) is 20.3 Å². The summed E-state index contributed by atoms with van der Waals surface area (Å²) >= 11 is 0. The lowest BCUT2D eigenvalue weighted by atomic mass is 9.67. The van der Waals surface area contributed by atoms with Gasteiger partial charge in [-0.3, -0.25) is 4.79 Å². The van der Waals surface area contributed by atoms with E-state index < -0.39 is 23.4 Å². The zero-order chi connectivity index (χ0) is 12.9. The van der Waals surface area contributed by atoms with Crippen LogP contribution in [0.25, 0.3) is 0 Å². The Morgan fingerprint density at radius 1 is 1.00 bits per heavy atom. The summed E-state index contributed by atoms with van der Waals surface area (Å²) in [6, 6.07) is 0. The van der Waals surface area contributed by atoms with Crippen molar-refractivity contribution in [2.45, 2.75) is 37.8 Å². The predicted octanol–water partition coefficient (Wildman–Crippen LogP) is 2.59. The lowest BCUT2D eigenvalue weighted by Crippen LogP contribution is -2.62. The summed E-state index contributed by atoms with van der Waals surface area (Å²) in [5.41, 5.74) is -0.497. The monoisotopic (exact) mass is 257 g/mol. The molecule has 0 radical (unpaired) electrons. The minimum atomic E-state index is -4.86. The van der Waals surface area contributed by atoms with Gasteiger partial charge >= 0.3 is 12.1 Å². The number of halogens is 5. The van der Waals surface area contributed by atoms with Crippen molar-refractivity contribution in [1.29, 1.82) is 0 Å². The zero-order valence-electron chi connectivity index (χ0n) is 8.99. The van der Waals surface area contributed by atoms with E-state index in [2.05, 4.69) is 0 Å². The second kappa shape index (κ2) is 3.55. The first-order valence-corrected chi connectivity index (χ1v) is 5.38. The van der Waals surface area contributed by atoms with E-state index in [1.807, 2.05) is 0 Å². The molecule has 1 saturated carbocycles. The Morgan fingerprint density at radius 2 is 1.47 bits per heavy atom. The molecule has 0 aromatic carbocycles. The molecule has 1 amide bonds. The van der Waals surface area contributed by atoms with Gasteiger partial charge in [0.15, 0.2) is 0 Å². The van der Waals surface area contributed by atoms with Crippen molar-refractivity contribution in [2.75, 3.05) is 13.1 Å². The maximum Gasteiger partial charge on any atom is 0.471 e. The molecule has 0 unspecified atom stereocenters. The highest BCUT2D eigenvalue weighted by atomic mass is 19.4. The third-order valence-electron chi connectivity index (χ3n) is 3.62. The maximum atomic E-state index is 12.9. The molecule has 1 spiro atoms. The van der Waals surface area contributed by atoms with Crippen LogP contribution in [0, 0.1) is 5.41 Å². The molecule has 1 heterocycles. The van der Waals surface area contributed by atoms with Crippen molar-refractivity contribution in [1.82, 2.24) is 4.90 Å². The Balaban J connectivity index is 1.89. The van der Waals surface area contributed by atoms with Crippen LogP contribution >= 0.6 is 0 Å². The van der Waals surface area contributed by atoms with Crippen LogP contribution in [0.5, 0.6) is 0 Å². The van der Waals surface area contributed by atoms with Crippen molar-refractivity contribution in [3.63, 3.8) is 0 Å². The summed E-state index contributed by atoms with van der Waals surface area (Å²) in [5, 5.41) is 0. The molecule has 7 heteroatoms. The van der Waals surface area contributed by atoms with Crippen molar-refractivity contribution >= 4 is 5.91 Å². The maximum absolute atomic E-state index is 12.9. The van der Waals surface area contributed by atoms with Crippen LogP contribution in [-0.4, -0.2) is 36.0 Å². The molecule has 0 aromatic heterocycles. The molecule has 1 saturated heterocycles. The summed E-state index contributed by atoms with van der Waals surface area (Å²) in [6.45, 7) is -0.0805. The largest absolute Gasteiger partial charge is 0.471 e. The van der Waals surface area contributed by atoms with Crippen LogP contribution in [0.4, 0.5) is 22.0 Å². The van der Waals surface area contributed by atoms with Crippen LogP contribution in [0.3, 0.4) is 0 Å². The van der Waals surface area contributed by atoms with Crippen LogP contribution in [-0.2, 0) is 4.79 Å². The van der Waals surface area contributed by atoms with Crippen molar-refractivity contribution in [3.05, 3.63) is 0 Å².